The summed E-state index contributed by atoms with van der Waals surface area (Å²) in [6.07, 6.45) is 4.24. The van der Waals surface area contributed by atoms with Gasteiger partial charge < -0.3 is 16.4 Å². The number of carbonyl (C=O) groups excluding carboxylic acids is 2. The molecule has 0 radical (unpaired) electrons. The van der Waals surface area contributed by atoms with Crippen LogP contribution in [0.15, 0.2) is 24.3 Å². The highest BCUT2D eigenvalue weighted by molar-refractivity contribution is 5.96. The SMILES string of the molecule is CCc1cccc(NC(=O)CNC(=O)C2(N)CCCC2)c1.Cl. The third-order valence-corrected chi connectivity index (χ3v) is 3.98. The Morgan fingerprint density at radius 3 is 2.59 bits per heavy atom. The van der Waals surface area contributed by atoms with E-state index >= 15 is 0 Å². The Morgan fingerprint density at radius 2 is 1.95 bits per heavy atom. The molecule has 1 saturated carbocycles. The van der Waals surface area contributed by atoms with Crippen LogP contribution in [0.3, 0.4) is 0 Å². The van der Waals surface area contributed by atoms with Crippen LogP contribution >= 0.6 is 12.4 Å². The summed E-state index contributed by atoms with van der Waals surface area (Å²) in [5, 5.41) is 5.42. The third kappa shape index (κ3) is 4.71. The summed E-state index contributed by atoms with van der Waals surface area (Å²) in [6.45, 7) is 2.01. The van der Waals surface area contributed by atoms with Crippen LogP contribution < -0.4 is 16.4 Å². The molecule has 22 heavy (non-hydrogen) atoms. The molecule has 122 valence electrons. The topological polar surface area (TPSA) is 84.2 Å². The van der Waals surface area contributed by atoms with Gasteiger partial charge in [0.05, 0.1) is 12.1 Å². The summed E-state index contributed by atoms with van der Waals surface area (Å²) in [5.41, 5.74) is 7.15. The largest absolute Gasteiger partial charge is 0.345 e. The summed E-state index contributed by atoms with van der Waals surface area (Å²) >= 11 is 0. The molecule has 0 unspecified atom stereocenters. The van der Waals surface area contributed by atoms with Crippen LogP contribution in [-0.4, -0.2) is 23.9 Å². The van der Waals surface area contributed by atoms with Gasteiger partial charge in [-0.2, -0.15) is 0 Å². The molecule has 2 amide bonds. The Kier molecular flexibility index (Phi) is 6.84. The van der Waals surface area contributed by atoms with Gasteiger partial charge in [0.2, 0.25) is 11.8 Å². The lowest BCUT2D eigenvalue weighted by atomic mass is 9.98. The fraction of sp³-hybridized carbons (Fsp3) is 0.500. The van der Waals surface area contributed by atoms with E-state index in [0.29, 0.717) is 12.8 Å². The van der Waals surface area contributed by atoms with Crippen LogP contribution in [0.5, 0.6) is 0 Å². The van der Waals surface area contributed by atoms with Crippen molar-refractivity contribution in [2.75, 3.05) is 11.9 Å². The first-order valence-corrected chi connectivity index (χ1v) is 7.49. The van der Waals surface area contributed by atoms with Crippen molar-refractivity contribution in [1.82, 2.24) is 5.32 Å². The lowest BCUT2D eigenvalue weighted by Gasteiger charge is -2.22. The molecule has 5 nitrogen and oxygen atoms in total. The summed E-state index contributed by atoms with van der Waals surface area (Å²) in [7, 11) is 0. The Labute approximate surface area is 137 Å². The van der Waals surface area contributed by atoms with Crippen LogP contribution in [0.25, 0.3) is 0 Å². The highest BCUT2D eigenvalue weighted by Crippen LogP contribution is 2.27. The summed E-state index contributed by atoms with van der Waals surface area (Å²) < 4.78 is 0. The zero-order chi connectivity index (χ0) is 15.3. The molecule has 1 aliphatic rings. The maximum absolute atomic E-state index is 12.0. The zero-order valence-corrected chi connectivity index (χ0v) is 13.7. The molecular formula is C16H24ClN3O2. The number of halogens is 1. The molecule has 0 atom stereocenters. The molecule has 1 aromatic carbocycles. The molecule has 1 fully saturated rings. The molecule has 0 bridgehead atoms. The molecule has 0 aliphatic heterocycles. The number of hydrogen-bond acceptors (Lipinski definition) is 3. The van der Waals surface area contributed by atoms with Crippen LogP contribution in [0.1, 0.15) is 38.2 Å². The van der Waals surface area contributed by atoms with Crippen LogP contribution in [0, 0.1) is 0 Å². The first-order chi connectivity index (χ1) is 10.0. The fourth-order valence-electron chi connectivity index (χ4n) is 2.64. The molecule has 4 N–H and O–H groups in total. The Morgan fingerprint density at radius 1 is 1.27 bits per heavy atom. The minimum absolute atomic E-state index is 0. The van der Waals surface area contributed by atoms with E-state index in [1.165, 1.54) is 0 Å². The summed E-state index contributed by atoms with van der Waals surface area (Å²) in [4.78, 5) is 23.9. The first-order valence-electron chi connectivity index (χ1n) is 7.49. The normalized spacial score (nSPS) is 15.7. The minimum Gasteiger partial charge on any atom is -0.345 e. The Balaban J connectivity index is 0.00000242. The first kappa shape index (κ1) is 18.5. The molecular weight excluding hydrogens is 302 g/mol. The van der Waals surface area contributed by atoms with Gasteiger partial charge in [-0.3, -0.25) is 9.59 Å². The number of amides is 2. The third-order valence-electron chi connectivity index (χ3n) is 3.98. The number of hydrogen-bond donors (Lipinski definition) is 3. The van der Waals surface area contributed by atoms with Gasteiger partial charge in [0.15, 0.2) is 0 Å². The monoisotopic (exact) mass is 325 g/mol. The van der Waals surface area contributed by atoms with E-state index in [4.69, 9.17) is 5.73 Å². The van der Waals surface area contributed by atoms with Crippen molar-refractivity contribution in [2.45, 2.75) is 44.6 Å². The maximum atomic E-state index is 12.0. The second-order valence-corrected chi connectivity index (χ2v) is 5.65. The Hall–Kier alpha value is -1.59. The predicted octanol–water partition coefficient (Wildman–Crippen LogP) is 2.00. The van der Waals surface area contributed by atoms with Gasteiger partial charge in [-0.15, -0.1) is 12.4 Å². The van der Waals surface area contributed by atoms with E-state index in [-0.39, 0.29) is 30.8 Å². The molecule has 1 aliphatic carbocycles. The van der Waals surface area contributed by atoms with Gasteiger partial charge in [0, 0.05) is 5.69 Å². The number of nitrogens with two attached hydrogens (primary N) is 1. The van der Waals surface area contributed by atoms with E-state index in [9.17, 15) is 9.59 Å². The second-order valence-electron chi connectivity index (χ2n) is 5.65. The fourth-order valence-corrected chi connectivity index (χ4v) is 2.64. The van der Waals surface area contributed by atoms with Crippen LogP contribution in [-0.2, 0) is 16.0 Å². The van der Waals surface area contributed by atoms with Crippen molar-refractivity contribution in [1.29, 1.82) is 0 Å². The number of aryl methyl sites for hydroxylation is 1. The van der Waals surface area contributed by atoms with Gasteiger partial charge in [-0.25, -0.2) is 0 Å². The average molecular weight is 326 g/mol. The van der Waals surface area contributed by atoms with Crippen molar-refractivity contribution in [3.05, 3.63) is 29.8 Å². The van der Waals surface area contributed by atoms with Crippen LogP contribution in [0.2, 0.25) is 0 Å². The van der Waals surface area contributed by atoms with Crippen molar-refractivity contribution >= 4 is 29.9 Å². The molecule has 0 heterocycles. The summed E-state index contributed by atoms with van der Waals surface area (Å²) in [6, 6.07) is 7.68. The van der Waals surface area contributed by atoms with Crippen LogP contribution in [0.4, 0.5) is 5.69 Å². The summed E-state index contributed by atoms with van der Waals surface area (Å²) in [5.74, 6) is -0.462. The maximum Gasteiger partial charge on any atom is 0.243 e. The quantitative estimate of drug-likeness (QED) is 0.774. The molecule has 2 rings (SSSR count). The molecule has 1 aromatic rings. The minimum atomic E-state index is -0.789. The van der Waals surface area contributed by atoms with Crippen molar-refractivity contribution < 1.29 is 9.59 Å². The van der Waals surface area contributed by atoms with Gasteiger partial charge in [0.25, 0.3) is 0 Å². The molecule has 0 saturated heterocycles. The lowest BCUT2D eigenvalue weighted by molar-refractivity contribution is -0.128. The van der Waals surface area contributed by atoms with Gasteiger partial charge in [-0.1, -0.05) is 31.9 Å². The Bertz CT molecular complexity index is 528. The number of nitrogens with one attached hydrogen (secondary N) is 2. The lowest BCUT2D eigenvalue weighted by Crippen LogP contribution is -2.53. The average Bonchev–Trinajstić information content (AvgIpc) is 2.93. The van der Waals surface area contributed by atoms with Crippen molar-refractivity contribution in [2.24, 2.45) is 5.73 Å². The highest BCUT2D eigenvalue weighted by atomic mass is 35.5. The second kappa shape index (κ2) is 8.15. The van der Waals surface area contributed by atoms with E-state index in [0.717, 1.165) is 30.5 Å². The van der Waals surface area contributed by atoms with Crippen molar-refractivity contribution in [3.8, 4) is 0 Å². The zero-order valence-electron chi connectivity index (χ0n) is 12.9. The number of benzene rings is 1. The number of anilines is 1. The molecule has 0 spiro atoms. The van der Waals surface area contributed by atoms with Gasteiger partial charge in [-0.05, 0) is 37.0 Å². The smallest absolute Gasteiger partial charge is 0.243 e. The highest BCUT2D eigenvalue weighted by Gasteiger charge is 2.36. The van der Waals surface area contributed by atoms with E-state index in [1.807, 2.05) is 24.3 Å². The van der Waals surface area contributed by atoms with Crippen molar-refractivity contribution in [3.63, 3.8) is 0 Å². The van der Waals surface area contributed by atoms with E-state index < -0.39 is 5.54 Å². The standard InChI is InChI=1S/C16H23N3O2.ClH/c1-2-12-6-5-7-13(10-12)19-14(20)11-18-15(21)16(17)8-3-4-9-16;/h5-7,10H,2-4,8-9,11,17H2,1H3,(H,18,21)(H,19,20);1H. The van der Waals surface area contributed by atoms with E-state index in [1.54, 1.807) is 0 Å². The number of rotatable bonds is 5. The number of carbonyl (C=O) groups is 2. The predicted molar refractivity (Wildman–Crippen MR) is 90.1 cm³/mol. The molecule has 6 heteroatoms. The van der Waals surface area contributed by atoms with Gasteiger partial charge >= 0.3 is 0 Å². The van der Waals surface area contributed by atoms with Gasteiger partial charge in [0.1, 0.15) is 0 Å². The van der Waals surface area contributed by atoms with E-state index in [2.05, 4.69) is 17.6 Å². The molecule has 0 aromatic heterocycles.